The first-order chi connectivity index (χ1) is 19.8. The van der Waals surface area contributed by atoms with E-state index in [0.29, 0.717) is 30.7 Å². The second-order valence-corrected chi connectivity index (χ2v) is 16.8. The second kappa shape index (κ2) is 12.7. The SMILES string of the molecule is C=CC(=O)Nc1cccc(Oc2cnc3c(n2)c(-c2ccc(N4CCOCC4)cc2)cn3COCC[Si](C)(C)C)c1. The molecule has 3 heterocycles. The van der Waals surface area contributed by atoms with E-state index in [1.165, 1.54) is 11.8 Å². The molecule has 1 saturated heterocycles. The van der Waals surface area contributed by atoms with Crippen LogP contribution >= 0.6 is 0 Å². The van der Waals surface area contributed by atoms with E-state index in [0.717, 1.165) is 54.6 Å². The summed E-state index contributed by atoms with van der Waals surface area (Å²) in [6, 6.07) is 16.7. The van der Waals surface area contributed by atoms with Crippen LogP contribution in [0.2, 0.25) is 25.7 Å². The Morgan fingerprint density at radius 3 is 2.66 bits per heavy atom. The molecule has 0 unspecified atom stereocenters. The summed E-state index contributed by atoms with van der Waals surface area (Å²) in [5, 5.41) is 2.74. The maximum Gasteiger partial charge on any atom is 0.247 e. The molecule has 1 amide bonds. The van der Waals surface area contributed by atoms with Crippen molar-refractivity contribution in [1.82, 2.24) is 14.5 Å². The quantitative estimate of drug-likeness (QED) is 0.131. The van der Waals surface area contributed by atoms with Crippen LogP contribution in [0, 0.1) is 0 Å². The van der Waals surface area contributed by atoms with E-state index in [1.807, 2.05) is 4.57 Å². The number of anilines is 2. The van der Waals surface area contributed by atoms with Crippen molar-refractivity contribution in [1.29, 1.82) is 0 Å². The van der Waals surface area contributed by atoms with Crippen LogP contribution in [-0.4, -0.2) is 61.4 Å². The van der Waals surface area contributed by atoms with Gasteiger partial charge in [-0.25, -0.2) is 9.97 Å². The Bertz CT molecular complexity index is 1510. The summed E-state index contributed by atoms with van der Waals surface area (Å²) >= 11 is 0. The smallest absolute Gasteiger partial charge is 0.247 e. The van der Waals surface area contributed by atoms with Gasteiger partial charge in [0.2, 0.25) is 11.8 Å². The molecular weight excluding hydrogens is 534 g/mol. The number of morpholine rings is 1. The van der Waals surface area contributed by atoms with E-state index >= 15 is 0 Å². The zero-order valence-electron chi connectivity index (χ0n) is 23.9. The third-order valence-electron chi connectivity index (χ3n) is 6.83. The van der Waals surface area contributed by atoms with Crippen LogP contribution in [0.5, 0.6) is 11.6 Å². The maximum absolute atomic E-state index is 11.7. The molecule has 2 aromatic heterocycles. The predicted molar refractivity (Wildman–Crippen MR) is 165 cm³/mol. The van der Waals surface area contributed by atoms with Crippen LogP contribution in [0.25, 0.3) is 22.3 Å². The highest BCUT2D eigenvalue weighted by Gasteiger charge is 2.18. The fraction of sp³-hybridized carbons (Fsp3) is 0.323. The van der Waals surface area contributed by atoms with Gasteiger partial charge >= 0.3 is 0 Å². The van der Waals surface area contributed by atoms with Crippen LogP contribution in [0.4, 0.5) is 11.4 Å². The molecule has 0 bridgehead atoms. The van der Waals surface area contributed by atoms with Crippen LogP contribution < -0.4 is 15.0 Å². The molecule has 0 radical (unpaired) electrons. The van der Waals surface area contributed by atoms with Gasteiger partial charge in [-0.3, -0.25) is 4.79 Å². The number of amides is 1. The lowest BCUT2D eigenvalue weighted by Gasteiger charge is -2.28. The van der Waals surface area contributed by atoms with Gasteiger partial charge in [0, 0.05) is 57.0 Å². The molecule has 2 aromatic carbocycles. The molecule has 0 spiro atoms. The number of nitrogens with zero attached hydrogens (tertiary/aromatic N) is 4. The molecular formula is C31H37N5O4Si. The molecule has 0 aliphatic carbocycles. The monoisotopic (exact) mass is 571 g/mol. The number of rotatable bonds is 11. The van der Waals surface area contributed by atoms with Crippen molar-refractivity contribution in [3.63, 3.8) is 0 Å². The highest BCUT2D eigenvalue weighted by Crippen LogP contribution is 2.32. The van der Waals surface area contributed by atoms with Gasteiger partial charge in [-0.15, -0.1) is 0 Å². The third kappa shape index (κ3) is 7.40. The first-order valence-corrected chi connectivity index (χ1v) is 17.6. The van der Waals surface area contributed by atoms with Gasteiger partial charge < -0.3 is 29.0 Å². The summed E-state index contributed by atoms with van der Waals surface area (Å²) < 4.78 is 19.7. The van der Waals surface area contributed by atoms with Crippen LogP contribution in [0.15, 0.2) is 73.6 Å². The first-order valence-electron chi connectivity index (χ1n) is 13.9. The molecule has 10 heteroatoms. The highest BCUT2D eigenvalue weighted by atomic mass is 28.3. The standard InChI is InChI=1S/C31H37N5O4Si/c1-5-28(37)33-24-7-6-8-26(19-24)40-29-20-32-31-30(34-29)27(21-36(31)22-39-17-18-41(2,3)4)23-9-11-25(12-10-23)35-13-15-38-16-14-35/h5-12,19-21H,1,13-18,22H2,2-4H3,(H,33,37). The summed E-state index contributed by atoms with van der Waals surface area (Å²) in [4.78, 5) is 23.6. The van der Waals surface area contributed by atoms with Crippen molar-refractivity contribution in [3.8, 4) is 22.8 Å². The minimum Gasteiger partial charge on any atom is -0.437 e. The molecule has 1 aliphatic heterocycles. The summed E-state index contributed by atoms with van der Waals surface area (Å²) in [5.41, 5.74) is 5.22. The number of carbonyl (C=O) groups excluding carboxylic acids is 1. The van der Waals surface area contributed by atoms with E-state index < -0.39 is 8.07 Å². The number of carbonyl (C=O) groups is 1. The molecule has 0 saturated carbocycles. The minimum absolute atomic E-state index is 0.291. The summed E-state index contributed by atoms with van der Waals surface area (Å²) in [6.07, 6.45) is 4.89. The fourth-order valence-corrected chi connectivity index (χ4v) is 5.32. The Hall–Kier alpha value is -3.99. The average molecular weight is 572 g/mol. The molecule has 214 valence electrons. The van der Waals surface area contributed by atoms with Gasteiger partial charge in [-0.05, 0) is 41.9 Å². The van der Waals surface area contributed by atoms with Crippen molar-refractivity contribution < 1.29 is 19.0 Å². The Kier molecular flexibility index (Phi) is 8.82. The molecule has 4 aromatic rings. The lowest BCUT2D eigenvalue weighted by molar-refractivity contribution is -0.111. The number of hydrogen-bond acceptors (Lipinski definition) is 7. The van der Waals surface area contributed by atoms with Crippen molar-refractivity contribution in [3.05, 3.63) is 73.6 Å². The summed E-state index contributed by atoms with van der Waals surface area (Å²) in [6.45, 7) is 14.9. The number of fused-ring (bicyclic) bond motifs is 1. The molecule has 9 nitrogen and oxygen atoms in total. The number of hydrogen-bond donors (Lipinski definition) is 1. The largest absolute Gasteiger partial charge is 0.437 e. The summed E-state index contributed by atoms with van der Waals surface area (Å²) in [7, 11) is -1.20. The molecule has 1 fully saturated rings. The summed E-state index contributed by atoms with van der Waals surface area (Å²) in [5.74, 6) is 0.598. The molecule has 5 rings (SSSR count). The lowest BCUT2D eigenvalue weighted by atomic mass is 10.1. The topological polar surface area (TPSA) is 90.7 Å². The van der Waals surface area contributed by atoms with Gasteiger partial charge in [0.05, 0.1) is 19.4 Å². The predicted octanol–water partition coefficient (Wildman–Crippen LogP) is 6.16. The Morgan fingerprint density at radius 2 is 1.93 bits per heavy atom. The Balaban J connectivity index is 1.43. The molecule has 1 aliphatic rings. The lowest BCUT2D eigenvalue weighted by Crippen LogP contribution is -2.36. The second-order valence-electron chi connectivity index (χ2n) is 11.2. The van der Waals surface area contributed by atoms with Crippen molar-refractivity contribution >= 4 is 36.5 Å². The number of benzene rings is 2. The highest BCUT2D eigenvalue weighted by molar-refractivity contribution is 6.76. The Labute approximate surface area is 241 Å². The third-order valence-corrected chi connectivity index (χ3v) is 8.54. The zero-order valence-corrected chi connectivity index (χ0v) is 24.9. The zero-order chi connectivity index (χ0) is 28.8. The van der Waals surface area contributed by atoms with Crippen molar-refractivity contribution in [2.45, 2.75) is 32.4 Å². The number of aromatic nitrogens is 3. The van der Waals surface area contributed by atoms with Crippen molar-refractivity contribution in [2.75, 3.05) is 43.1 Å². The Morgan fingerprint density at radius 1 is 1.15 bits per heavy atom. The van der Waals surface area contributed by atoms with Gasteiger partial charge in [0.1, 0.15) is 18.0 Å². The number of nitrogens with one attached hydrogen (secondary N) is 1. The van der Waals surface area contributed by atoms with E-state index in [-0.39, 0.29) is 5.91 Å². The molecule has 0 atom stereocenters. The van der Waals surface area contributed by atoms with Crippen LogP contribution in [0.1, 0.15) is 0 Å². The van der Waals surface area contributed by atoms with Crippen molar-refractivity contribution in [2.24, 2.45) is 0 Å². The van der Waals surface area contributed by atoms with E-state index in [9.17, 15) is 4.79 Å². The maximum atomic E-state index is 11.7. The van der Waals surface area contributed by atoms with E-state index in [4.69, 9.17) is 24.2 Å². The average Bonchev–Trinajstić information content (AvgIpc) is 3.33. The number of ether oxygens (including phenoxy) is 3. The van der Waals surface area contributed by atoms with Crippen LogP contribution in [0.3, 0.4) is 0 Å². The van der Waals surface area contributed by atoms with E-state index in [1.54, 1.807) is 30.5 Å². The van der Waals surface area contributed by atoms with Gasteiger partial charge in [-0.2, -0.15) is 0 Å². The normalized spacial score (nSPS) is 13.8. The van der Waals surface area contributed by atoms with Crippen LogP contribution in [-0.2, 0) is 21.0 Å². The van der Waals surface area contributed by atoms with Gasteiger partial charge in [0.25, 0.3) is 0 Å². The van der Waals surface area contributed by atoms with E-state index in [2.05, 4.69) is 66.9 Å². The molecule has 1 N–H and O–H groups in total. The first kappa shape index (κ1) is 28.5. The molecule has 41 heavy (non-hydrogen) atoms. The van der Waals surface area contributed by atoms with Gasteiger partial charge in [-0.1, -0.05) is 44.4 Å². The van der Waals surface area contributed by atoms with Gasteiger partial charge in [0.15, 0.2) is 5.65 Å². The fourth-order valence-electron chi connectivity index (χ4n) is 4.56. The minimum atomic E-state index is -1.20.